The molecule has 3 fully saturated rings. The Morgan fingerprint density at radius 3 is 2.92 bits per heavy atom. The minimum Gasteiger partial charge on any atom is -0.377 e. The first kappa shape index (κ1) is 8.25. The van der Waals surface area contributed by atoms with Crippen LogP contribution in [-0.2, 0) is 4.74 Å². The van der Waals surface area contributed by atoms with Gasteiger partial charge in [0.25, 0.3) is 0 Å². The number of ether oxygens (including phenoxy) is 1. The van der Waals surface area contributed by atoms with Gasteiger partial charge in [-0.3, -0.25) is 4.90 Å². The predicted molar refractivity (Wildman–Crippen MR) is 51.7 cm³/mol. The Labute approximate surface area is 80.2 Å². The SMILES string of the molecule is CC(C)OC[C@]12CCN1[C@@H]1C[C@@H]1C2. The second-order valence-corrected chi connectivity index (χ2v) is 5.29. The number of nitrogens with zero attached hydrogens (tertiary/aromatic N) is 1. The molecule has 3 rings (SSSR count). The average Bonchev–Trinajstić information content (AvgIpc) is 2.70. The van der Waals surface area contributed by atoms with Crippen molar-refractivity contribution in [3.05, 3.63) is 0 Å². The molecule has 2 heteroatoms. The quantitative estimate of drug-likeness (QED) is 0.656. The van der Waals surface area contributed by atoms with E-state index in [2.05, 4.69) is 18.7 Å². The summed E-state index contributed by atoms with van der Waals surface area (Å²) >= 11 is 0. The summed E-state index contributed by atoms with van der Waals surface area (Å²) in [6.07, 6.45) is 4.68. The molecule has 74 valence electrons. The molecule has 0 amide bonds. The molecule has 2 nitrogen and oxygen atoms in total. The minimum atomic E-state index is 0.397. The first-order valence-electron chi connectivity index (χ1n) is 5.60. The fourth-order valence-corrected chi connectivity index (χ4v) is 3.15. The molecule has 1 saturated carbocycles. The zero-order valence-corrected chi connectivity index (χ0v) is 8.62. The van der Waals surface area contributed by atoms with E-state index >= 15 is 0 Å². The van der Waals surface area contributed by atoms with E-state index < -0.39 is 0 Å². The summed E-state index contributed by atoms with van der Waals surface area (Å²) in [4.78, 5) is 2.71. The van der Waals surface area contributed by atoms with Gasteiger partial charge in [0.1, 0.15) is 0 Å². The maximum absolute atomic E-state index is 5.78. The highest BCUT2D eigenvalue weighted by molar-refractivity contribution is 5.18. The van der Waals surface area contributed by atoms with E-state index in [0.717, 1.165) is 18.6 Å². The molecule has 2 saturated heterocycles. The maximum atomic E-state index is 5.78. The van der Waals surface area contributed by atoms with Gasteiger partial charge in [0, 0.05) is 18.1 Å². The van der Waals surface area contributed by atoms with Crippen LogP contribution in [0.25, 0.3) is 0 Å². The summed E-state index contributed by atoms with van der Waals surface area (Å²) in [5, 5.41) is 0. The number of piperidine rings is 1. The summed E-state index contributed by atoms with van der Waals surface area (Å²) in [6, 6.07) is 0.963. The highest BCUT2D eigenvalue weighted by Gasteiger charge is 2.63. The Kier molecular flexibility index (Phi) is 1.58. The molecule has 0 N–H and O–H groups in total. The minimum absolute atomic E-state index is 0.397. The molecule has 0 radical (unpaired) electrons. The van der Waals surface area contributed by atoms with Crippen LogP contribution >= 0.6 is 0 Å². The summed E-state index contributed by atoms with van der Waals surface area (Å²) in [5.41, 5.74) is 0.498. The van der Waals surface area contributed by atoms with Crippen LogP contribution in [0, 0.1) is 5.92 Å². The smallest absolute Gasteiger partial charge is 0.0654 e. The molecule has 1 aliphatic carbocycles. The van der Waals surface area contributed by atoms with Crippen molar-refractivity contribution in [2.24, 2.45) is 5.92 Å². The summed E-state index contributed by atoms with van der Waals surface area (Å²) in [5.74, 6) is 1.04. The van der Waals surface area contributed by atoms with E-state index in [4.69, 9.17) is 4.74 Å². The van der Waals surface area contributed by atoms with Gasteiger partial charge in [0.05, 0.1) is 12.7 Å². The van der Waals surface area contributed by atoms with E-state index in [1.807, 2.05) is 0 Å². The van der Waals surface area contributed by atoms with E-state index in [0.29, 0.717) is 11.6 Å². The molecule has 2 aliphatic heterocycles. The van der Waals surface area contributed by atoms with E-state index in [1.165, 1.54) is 25.8 Å². The third-order valence-electron chi connectivity index (χ3n) is 4.04. The van der Waals surface area contributed by atoms with Gasteiger partial charge in [-0.15, -0.1) is 0 Å². The van der Waals surface area contributed by atoms with Crippen LogP contribution in [0.1, 0.15) is 33.1 Å². The highest BCUT2D eigenvalue weighted by atomic mass is 16.5. The van der Waals surface area contributed by atoms with Crippen LogP contribution in [0.5, 0.6) is 0 Å². The lowest BCUT2D eigenvalue weighted by molar-refractivity contribution is -0.0783. The van der Waals surface area contributed by atoms with Gasteiger partial charge in [-0.2, -0.15) is 0 Å². The summed E-state index contributed by atoms with van der Waals surface area (Å²) in [6.45, 7) is 6.59. The van der Waals surface area contributed by atoms with Crippen molar-refractivity contribution in [2.75, 3.05) is 13.2 Å². The lowest BCUT2D eigenvalue weighted by Crippen LogP contribution is -2.60. The second-order valence-electron chi connectivity index (χ2n) is 5.29. The lowest BCUT2D eigenvalue weighted by Gasteiger charge is -2.50. The number of rotatable bonds is 3. The molecule has 0 bridgehead atoms. The first-order valence-corrected chi connectivity index (χ1v) is 5.60. The van der Waals surface area contributed by atoms with Crippen LogP contribution in [0.3, 0.4) is 0 Å². The monoisotopic (exact) mass is 181 g/mol. The van der Waals surface area contributed by atoms with E-state index in [1.54, 1.807) is 0 Å². The fraction of sp³-hybridized carbons (Fsp3) is 1.00. The Morgan fingerprint density at radius 1 is 1.54 bits per heavy atom. The van der Waals surface area contributed by atoms with Crippen molar-refractivity contribution in [1.29, 1.82) is 0 Å². The number of fused-ring (bicyclic) bond motifs is 3. The molecule has 3 atom stereocenters. The number of hydrogen-bond donors (Lipinski definition) is 0. The normalized spacial score (nSPS) is 47.3. The van der Waals surface area contributed by atoms with Crippen molar-refractivity contribution in [3.8, 4) is 0 Å². The molecule has 0 aromatic carbocycles. The van der Waals surface area contributed by atoms with Crippen molar-refractivity contribution >= 4 is 0 Å². The topological polar surface area (TPSA) is 12.5 Å². The first-order chi connectivity index (χ1) is 6.21. The zero-order chi connectivity index (χ0) is 9.05. The van der Waals surface area contributed by atoms with Gasteiger partial charge >= 0.3 is 0 Å². The molecule has 0 spiro atoms. The molecular formula is C11H19NO. The molecule has 3 aliphatic rings. The molecule has 13 heavy (non-hydrogen) atoms. The Hall–Kier alpha value is -0.0800. The van der Waals surface area contributed by atoms with Crippen LogP contribution in [0.4, 0.5) is 0 Å². The van der Waals surface area contributed by atoms with Crippen molar-refractivity contribution in [3.63, 3.8) is 0 Å². The van der Waals surface area contributed by atoms with Gasteiger partial charge in [-0.05, 0) is 39.0 Å². The van der Waals surface area contributed by atoms with Crippen molar-refractivity contribution in [2.45, 2.75) is 50.8 Å². The van der Waals surface area contributed by atoms with Crippen molar-refractivity contribution < 1.29 is 4.74 Å². The van der Waals surface area contributed by atoms with Crippen LogP contribution < -0.4 is 0 Å². The average molecular weight is 181 g/mol. The molecular weight excluding hydrogens is 162 g/mol. The van der Waals surface area contributed by atoms with Crippen LogP contribution in [-0.4, -0.2) is 35.7 Å². The predicted octanol–water partition coefficient (Wildman–Crippen LogP) is 1.65. The van der Waals surface area contributed by atoms with Gasteiger partial charge in [0.2, 0.25) is 0 Å². The maximum Gasteiger partial charge on any atom is 0.0654 e. The Bertz CT molecular complexity index is 228. The molecule has 0 aromatic heterocycles. The highest BCUT2D eigenvalue weighted by Crippen LogP contribution is 2.58. The van der Waals surface area contributed by atoms with Crippen molar-refractivity contribution in [1.82, 2.24) is 4.90 Å². The summed E-state index contributed by atoms with van der Waals surface area (Å²) in [7, 11) is 0. The zero-order valence-electron chi connectivity index (χ0n) is 8.62. The van der Waals surface area contributed by atoms with E-state index in [-0.39, 0.29) is 0 Å². The fourth-order valence-electron chi connectivity index (χ4n) is 3.15. The number of hydrogen-bond acceptors (Lipinski definition) is 2. The third kappa shape index (κ3) is 1.08. The Morgan fingerprint density at radius 2 is 2.38 bits per heavy atom. The third-order valence-corrected chi connectivity index (χ3v) is 4.04. The van der Waals surface area contributed by atoms with Gasteiger partial charge in [0.15, 0.2) is 0 Å². The standard InChI is InChI=1S/C11H19NO/c1-8(2)13-7-11-3-4-12(11)10-5-9(10)6-11/h8-10H,3-7H2,1-2H3/t9-,10-,11-/m1/s1. The van der Waals surface area contributed by atoms with Gasteiger partial charge in [-0.25, -0.2) is 0 Å². The molecule has 0 unspecified atom stereocenters. The molecule has 0 aromatic rings. The lowest BCUT2D eigenvalue weighted by atomic mass is 9.83. The van der Waals surface area contributed by atoms with Gasteiger partial charge < -0.3 is 4.74 Å². The largest absolute Gasteiger partial charge is 0.377 e. The van der Waals surface area contributed by atoms with Gasteiger partial charge in [-0.1, -0.05) is 0 Å². The van der Waals surface area contributed by atoms with Crippen LogP contribution in [0.2, 0.25) is 0 Å². The second kappa shape index (κ2) is 2.48. The van der Waals surface area contributed by atoms with Crippen LogP contribution in [0.15, 0.2) is 0 Å². The summed E-state index contributed by atoms with van der Waals surface area (Å²) < 4.78 is 5.78. The molecule has 2 heterocycles. The van der Waals surface area contributed by atoms with E-state index in [9.17, 15) is 0 Å². The Balaban J connectivity index is 1.63.